The molecule has 0 N–H and O–H groups in total. The Morgan fingerprint density at radius 1 is 1.53 bits per heavy atom. The number of hydrogen-bond donors (Lipinski definition) is 0. The summed E-state index contributed by atoms with van der Waals surface area (Å²) in [5.74, 6) is 0.198. The Kier molecular flexibility index (Phi) is 3.73. The number of fused-ring (bicyclic) bond motifs is 1. The van der Waals surface area contributed by atoms with Crippen molar-refractivity contribution in [2.45, 2.75) is 19.9 Å². The van der Waals surface area contributed by atoms with E-state index in [9.17, 15) is 4.79 Å². The van der Waals surface area contributed by atoms with Crippen LogP contribution in [0.25, 0.3) is 21.4 Å². The number of esters is 1. The number of furan rings is 1. The number of rotatable bonds is 4. The van der Waals surface area contributed by atoms with Gasteiger partial charge in [0.05, 0.1) is 18.2 Å². The maximum Gasteiger partial charge on any atom is 0.338 e. The Balaban J connectivity index is 2.38. The van der Waals surface area contributed by atoms with Crippen molar-refractivity contribution in [1.82, 2.24) is 0 Å². The van der Waals surface area contributed by atoms with Gasteiger partial charge in [-0.15, -0.1) is 0 Å². The molecule has 0 saturated carbocycles. The first-order valence-corrected chi connectivity index (χ1v) is 5.90. The summed E-state index contributed by atoms with van der Waals surface area (Å²) in [6, 6.07) is 6.42. The van der Waals surface area contributed by atoms with Crippen molar-refractivity contribution in [3.63, 3.8) is 0 Å². The maximum absolute atomic E-state index is 11.6. The largest absolute Gasteiger partial charge is 0.462 e. The molecule has 19 heavy (non-hydrogen) atoms. The van der Waals surface area contributed by atoms with E-state index in [0.717, 1.165) is 5.39 Å². The van der Waals surface area contributed by atoms with E-state index >= 15 is 0 Å². The molecule has 6 heteroatoms. The van der Waals surface area contributed by atoms with Crippen LogP contribution in [0.2, 0.25) is 0 Å². The first-order valence-electron chi connectivity index (χ1n) is 5.90. The van der Waals surface area contributed by atoms with Crippen molar-refractivity contribution in [3.05, 3.63) is 46.0 Å². The van der Waals surface area contributed by atoms with Crippen molar-refractivity contribution in [2.24, 2.45) is 5.11 Å². The van der Waals surface area contributed by atoms with Crippen LogP contribution in [0, 0.1) is 0 Å². The van der Waals surface area contributed by atoms with Crippen molar-refractivity contribution in [1.29, 1.82) is 0 Å². The van der Waals surface area contributed by atoms with E-state index in [0.29, 0.717) is 23.5 Å². The second kappa shape index (κ2) is 5.46. The molecule has 0 aliphatic rings. The van der Waals surface area contributed by atoms with Crippen LogP contribution in [-0.2, 0) is 4.74 Å². The highest BCUT2D eigenvalue weighted by Gasteiger charge is 2.12. The molecule has 0 aliphatic heterocycles. The van der Waals surface area contributed by atoms with Crippen molar-refractivity contribution < 1.29 is 13.9 Å². The van der Waals surface area contributed by atoms with Crippen LogP contribution in [0.5, 0.6) is 0 Å². The predicted octanol–water partition coefficient (Wildman–Crippen LogP) is 3.98. The normalized spacial score (nSPS) is 11.9. The van der Waals surface area contributed by atoms with Gasteiger partial charge in [-0.05, 0) is 43.6 Å². The van der Waals surface area contributed by atoms with E-state index < -0.39 is 0 Å². The summed E-state index contributed by atoms with van der Waals surface area (Å²) in [6.45, 7) is 3.83. The molecular formula is C13H13N3O3. The monoisotopic (exact) mass is 259 g/mol. The molecule has 2 rings (SSSR count). The average Bonchev–Trinajstić information content (AvgIpc) is 2.82. The van der Waals surface area contributed by atoms with E-state index in [1.165, 1.54) is 0 Å². The van der Waals surface area contributed by atoms with E-state index in [1.807, 2.05) is 0 Å². The third-order valence-corrected chi connectivity index (χ3v) is 2.68. The maximum atomic E-state index is 11.6. The van der Waals surface area contributed by atoms with Gasteiger partial charge in [-0.3, -0.25) is 0 Å². The van der Waals surface area contributed by atoms with Crippen molar-refractivity contribution >= 4 is 16.9 Å². The first-order chi connectivity index (χ1) is 9.15. The van der Waals surface area contributed by atoms with Gasteiger partial charge >= 0.3 is 5.97 Å². The van der Waals surface area contributed by atoms with Gasteiger partial charge in [0.15, 0.2) is 0 Å². The summed E-state index contributed by atoms with van der Waals surface area (Å²) in [5.41, 5.74) is 9.52. The number of azide groups is 1. The van der Waals surface area contributed by atoms with Gasteiger partial charge in [0.1, 0.15) is 11.3 Å². The van der Waals surface area contributed by atoms with Crippen LogP contribution in [-0.4, -0.2) is 12.6 Å². The van der Waals surface area contributed by atoms with Crippen LogP contribution in [0.4, 0.5) is 0 Å². The fourth-order valence-corrected chi connectivity index (χ4v) is 1.75. The standard InChI is InChI=1S/C13H13N3O3/c1-3-18-13(17)9-4-5-11-10(6-9)7-12(19-11)8(2)15-16-14/h4-8H,3H2,1-2H3. The Morgan fingerprint density at radius 2 is 2.32 bits per heavy atom. The number of nitrogens with zero attached hydrogens (tertiary/aromatic N) is 3. The Bertz CT molecular complexity index is 656. The number of ether oxygens (including phenoxy) is 1. The van der Waals surface area contributed by atoms with Gasteiger partial charge in [0.25, 0.3) is 0 Å². The Hall–Kier alpha value is -2.46. The molecule has 0 fully saturated rings. The third kappa shape index (κ3) is 2.69. The third-order valence-electron chi connectivity index (χ3n) is 2.68. The summed E-state index contributed by atoms with van der Waals surface area (Å²) in [7, 11) is 0. The topological polar surface area (TPSA) is 88.2 Å². The highest BCUT2D eigenvalue weighted by molar-refractivity contribution is 5.94. The summed E-state index contributed by atoms with van der Waals surface area (Å²) in [4.78, 5) is 14.4. The molecule has 1 heterocycles. The molecular weight excluding hydrogens is 246 g/mol. The van der Waals surface area contributed by atoms with Crippen LogP contribution in [0.1, 0.15) is 36.0 Å². The molecule has 1 aromatic heterocycles. The predicted molar refractivity (Wildman–Crippen MR) is 69.7 cm³/mol. The summed E-state index contributed by atoms with van der Waals surface area (Å²) in [6.07, 6.45) is 0. The van der Waals surface area contributed by atoms with Crippen LogP contribution in [0.3, 0.4) is 0 Å². The van der Waals surface area contributed by atoms with E-state index in [2.05, 4.69) is 10.0 Å². The molecule has 0 spiro atoms. The molecule has 0 radical (unpaired) electrons. The van der Waals surface area contributed by atoms with Gasteiger partial charge in [-0.2, -0.15) is 0 Å². The molecule has 1 unspecified atom stereocenters. The lowest BCUT2D eigenvalue weighted by atomic mass is 10.1. The quantitative estimate of drug-likeness (QED) is 0.360. The fraction of sp³-hybridized carbons (Fsp3) is 0.308. The molecule has 1 aromatic carbocycles. The van der Waals surface area contributed by atoms with Gasteiger partial charge in [0, 0.05) is 10.3 Å². The summed E-state index contributed by atoms with van der Waals surface area (Å²) >= 11 is 0. The van der Waals surface area contributed by atoms with Crippen LogP contribution in [0.15, 0.2) is 33.8 Å². The lowest BCUT2D eigenvalue weighted by Crippen LogP contribution is -2.03. The zero-order chi connectivity index (χ0) is 13.8. The van der Waals surface area contributed by atoms with Gasteiger partial charge in [-0.25, -0.2) is 4.79 Å². The van der Waals surface area contributed by atoms with Crippen LogP contribution >= 0.6 is 0 Å². The fourth-order valence-electron chi connectivity index (χ4n) is 1.75. The SMILES string of the molecule is CCOC(=O)c1ccc2oc(C(C)N=[N+]=[N-])cc2c1. The highest BCUT2D eigenvalue weighted by atomic mass is 16.5. The second-order valence-corrected chi connectivity index (χ2v) is 4.00. The molecule has 0 amide bonds. The smallest absolute Gasteiger partial charge is 0.338 e. The summed E-state index contributed by atoms with van der Waals surface area (Å²) < 4.78 is 10.5. The summed E-state index contributed by atoms with van der Waals surface area (Å²) in [5, 5.41) is 4.35. The zero-order valence-corrected chi connectivity index (χ0v) is 10.7. The van der Waals surface area contributed by atoms with E-state index in [-0.39, 0.29) is 12.0 Å². The number of carbonyl (C=O) groups excluding carboxylic acids is 1. The molecule has 98 valence electrons. The molecule has 6 nitrogen and oxygen atoms in total. The van der Waals surface area contributed by atoms with E-state index in [1.54, 1.807) is 38.1 Å². The molecule has 1 atom stereocenters. The Morgan fingerprint density at radius 3 is 3.00 bits per heavy atom. The molecule has 0 aliphatic carbocycles. The first kappa shape index (κ1) is 13.0. The number of benzene rings is 1. The van der Waals surface area contributed by atoms with Gasteiger partial charge in [0.2, 0.25) is 0 Å². The molecule has 0 saturated heterocycles. The second-order valence-electron chi connectivity index (χ2n) is 4.00. The number of carbonyl (C=O) groups is 1. The highest BCUT2D eigenvalue weighted by Crippen LogP contribution is 2.26. The number of hydrogen-bond acceptors (Lipinski definition) is 4. The average molecular weight is 259 g/mol. The van der Waals surface area contributed by atoms with E-state index in [4.69, 9.17) is 14.7 Å². The van der Waals surface area contributed by atoms with Crippen molar-refractivity contribution in [2.75, 3.05) is 6.61 Å². The zero-order valence-electron chi connectivity index (χ0n) is 10.7. The minimum atomic E-state index is -0.386. The Labute approximate surface area is 109 Å². The van der Waals surface area contributed by atoms with Crippen molar-refractivity contribution in [3.8, 4) is 0 Å². The molecule has 0 bridgehead atoms. The molecule has 2 aromatic rings. The lowest BCUT2D eigenvalue weighted by molar-refractivity contribution is 0.0526. The van der Waals surface area contributed by atoms with Gasteiger partial charge in [-0.1, -0.05) is 5.11 Å². The lowest BCUT2D eigenvalue weighted by Gasteiger charge is -2.00. The van der Waals surface area contributed by atoms with Crippen LogP contribution < -0.4 is 0 Å². The minimum Gasteiger partial charge on any atom is -0.462 e. The van der Waals surface area contributed by atoms with Gasteiger partial charge < -0.3 is 9.15 Å². The minimum absolute atomic E-state index is 0.335.